The molecule has 0 unspecified atom stereocenters. The van der Waals surface area contributed by atoms with E-state index in [2.05, 4.69) is 34.5 Å². The maximum Gasteiger partial charge on any atom is 0.153 e. The number of aromatic nitrogens is 5. The van der Waals surface area contributed by atoms with Crippen LogP contribution in [-0.2, 0) is 22.9 Å². The summed E-state index contributed by atoms with van der Waals surface area (Å²) in [7, 11) is -2.92. The zero-order valence-electron chi connectivity index (χ0n) is 18.9. The van der Waals surface area contributed by atoms with Crippen LogP contribution in [0, 0.1) is 6.92 Å². The lowest BCUT2D eigenvalue weighted by Crippen LogP contribution is -2.52. The molecule has 5 heterocycles. The average molecular weight is 500 g/mol. The van der Waals surface area contributed by atoms with E-state index < -0.39 is 9.84 Å². The van der Waals surface area contributed by atoms with Crippen LogP contribution in [0.1, 0.15) is 41.7 Å². The molecular formula is C23H26ClN7O2S. The maximum absolute atomic E-state index is 11.8. The molecule has 34 heavy (non-hydrogen) atoms. The Bertz CT molecular complexity index is 1340. The fraction of sp³-hybridized carbons (Fsp3) is 0.478. The van der Waals surface area contributed by atoms with Crippen molar-refractivity contribution in [2.45, 2.75) is 44.8 Å². The average Bonchev–Trinajstić information content (AvgIpc) is 3.13. The van der Waals surface area contributed by atoms with Crippen molar-refractivity contribution in [1.29, 1.82) is 0 Å². The number of fused-ring (bicyclic) bond motifs is 3. The highest BCUT2D eigenvalue weighted by Crippen LogP contribution is 2.35. The Morgan fingerprint density at radius 1 is 1.06 bits per heavy atom. The Morgan fingerprint density at radius 3 is 2.59 bits per heavy atom. The molecule has 0 saturated carbocycles. The number of piperidine rings is 1. The van der Waals surface area contributed by atoms with Crippen molar-refractivity contribution in [1.82, 2.24) is 29.6 Å². The molecular weight excluding hydrogens is 474 g/mol. The van der Waals surface area contributed by atoms with Crippen molar-refractivity contribution in [3.05, 3.63) is 58.5 Å². The van der Waals surface area contributed by atoms with Crippen LogP contribution in [0.3, 0.4) is 0 Å². The van der Waals surface area contributed by atoms with Gasteiger partial charge >= 0.3 is 0 Å². The van der Waals surface area contributed by atoms with Crippen molar-refractivity contribution in [3.63, 3.8) is 0 Å². The van der Waals surface area contributed by atoms with E-state index in [0.717, 1.165) is 60.3 Å². The Labute approximate surface area is 203 Å². The molecule has 3 aliphatic heterocycles. The molecule has 3 aromatic rings. The molecule has 0 atom stereocenters. The zero-order valence-corrected chi connectivity index (χ0v) is 20.5. The van der Waals surface area contributed by atoms with Crippen LogP contribution >= 0.6 is 11.6 Å². The first-order valence-electron chi connectivity index (χ1n) is 11.6. The molecule has 0 N–H and O–H groups in total. The van der Waals surface area contributed by atoms with Gasteiger partial charge in [-0.05, 0) is 43.5 Å². The van der Waals surface area contributed by atoms with Crippen LogP contribution in [0.2, 0.25) is 5.02 Å². The molecule has 0 radical (unpaired) electrons. The minimum atomic E-state index is -2.92. The summed E-state index contributed by atoms with van der Waals surface area (Å²) in [5.74, 6) is 3.41. The second-order valence-electron chi connectivity index (χ2n) is 9.50. The SMILES string of the molecule is Cc1cncc(N2CCC(c3nnc4n3-c3ccc(Cl)cc3CN(C3CS(=O)(=O)C3)C4)CC2)n1. The van der Waals surface area contributed by atoms with Crippen molar-refractivity contribution in [2.24, 2.45) is 0 Å². The van der Waals surface area contributed by atoms with Crippen molar-refractivity contribution < 1.29 is 8.42 Å². The van der Waals surface area contributed by atoms with Gasteiger partial charge < -0.3 is 4.90 Å². The van der Waals surface area contributed by atoms with Crippen LogP contribution in [0.15, 0.2) is 30.6 Å². The number of aryl methyl sites for hydroxylation is 1. The van der Waals surface area contributed by atoms with Gasteiger partial charge in [0.1, 0.15) is 11.6 Å². The van der Waals surface area contributed by atoms with Gasteiger partial charge in [-0.2, -0.15) is 0 Å². The van der Waals surface area contributed by atoms with Crippen LogP contribution in [0.5, 0.6) is 0 Å². The summed E-state index contributed by atoms with van der Waals surface area (Å²) in [6, 6.07) is 5.92. The smallest absolute Gasteiger partial charge is 0.153 e. The number of hydrogen-bond donors (Lipinski definition) is 0. The third kappa shape index (κ3) is 3.97. The van der Waals surface area contributed by atoms with E-state index in [1.165, 1.54) is 0 Å². The fourth-order valence-corrected chi connectivity index (χ4v) is 6.98. The Kier molecular flexibility index (Phi) is 5.34. The largest absolute Gasteiger partial charge is 0.355 e. The van der Waals surface area contributed by atoms with E-state index in [-0.39, 0.29) is 23.5 Å². The van der Waals surface area contributed by atoms with Crippen molar-refractivity contribution in [3.8, 4) is 5.69 Å². The summed E-state index contributed by atoms with van der Waals surface area (Å²) in [4.78, 5) is 13.4. The lowest BCUT2D eigenvalue weighted by atomic mass is 9.95. The molecule has 0 spiro atoms. The molecule has 9 nitrogen and oxygen atoms in total. The van der Waals surface area contributed by atoms with Crippen LogP contribution in [0.25, 0.3) is 5.69 Å². The highest BCUT2D eigenvalue weighted by molar-refractivity contribution is 7.92. The van der Waals surface area contributed by atoms with Gasteiger partial charge in [-0.25, -0.2) is 13.4 Å². The van der Waals surface area contributed by atoms with Gasteiger partial charge in [-0.3, -0.25) is 14.5 Å². The van der Waals surface area contributed by atoms with E-state index in [9.17, 15) is 8.42 Å². The summed E-state index contributed by atoms with van der Waals surface area (Å²) >= 11 is 6.35. The molecule has 6 rings (SSSR count). The summed E-state index contributed by atoms with van der Waals surface area (Å²) in [5, 5.41) is 9.91. The lowest BCUT2D eigenvalue weighted by molar-refractivity contribution is 0.193. The molecule has 0 aliphatic carbocycles. The van der Waals surface area contributed by atoms with E-state index in [4.69, 9.17) is 11.6 Å². The second kappa shape index (κ2) is 8.28. The number of rotatable bonds is 3. The molecule has 178 valence electrons. The molecule has 1 aromatic carbocycles. The summed E-state index contributed by atoms with van der Waals surface area (Å²) in [6.45, 7) is 4.93. The number of sulfone groups is 1. The molecule has 2 fully saturated rings. The number of benzene rings is 1. The number of nitrogens with zero attached hydrogens (tertiary/aromatic N) is 7. The van der Waals surface area contributed by atoms with Gasteiger partial charge in [0.15, 0.2) is 15.7 Å². The highest BCUT2D eigenvalue weighted by Gasteiger charge is 2.40. The van der Waals surface area contributed by atoms with Crippen molar-refractivity contribution >= 4 is 27.3 Å². The molecule has 0 bridgehead atoms. The number of halogens is 1. The standard InChI is InChI=1S/C23H26ClN7O2S/c1-15-9-25-10-21(26-15)29-6-4-16(5-7-29)23-28-27-22-12-30(19-13-34(32,33)14-19)11-17-8-18(24)2-3-20(17)31(22)23/h2-3,8-10,16,19H,4-7,11-14H2,1H3. The zero-order chi connectivity index (χ0) is 23.4. The van der Waals surface area contributed by atoms with E-state index in [0.29, 0.717) is 18.1 Å². The summed E-state index contributed by atoms with van der Waals surface area (Å²) in [5.41, 5.74) is 3.03. The van der Waals surface area contributed by atoms with Gasteiger partial charge in [0.05, 0.1) is 35.6 Å². The van der Waals surface area contributed by atoms with Crippen LogP contribution < -0.4 is 4.90 Å². The highest BCUT2D eigenvalue weighted by atomic mass is 35.5. The first-order chi connectivity index (χ1) is 16.4. The third-order valence-corrected chi connectivity index (χ3v) is 9.11. The molecule has 3 aliphatic rings. The molecule has 2 aromatic heterocycles. The van der Waals surface area contributed by atoms with Gasteiger partial charge in [0, 0.05) is 42.8 Å². The monoisotopic (exact) mass is 499 g/mol. The van der Waals surface area contributed by atoms with E-state index >= 15 is 0 Å². The normalized spacial score (nSPS) is 20.9. The van der Waals surface area contributed by atoms with Crippen LogP contribution in [-0.4, -0.2) is 68.7 Å². The van der Waals surface area contributed by atoms with Crippen molar-refractivity contribution in [2.75, 3.05) is 29.5 Å². The van der Waals surface area contributed by atoms with Gasteiger partial charge in [0.2, 0.25) is 0 Å². The Hall–Kier alpha value is -2.56. The van der Waals surface area contributed by atoms with Crippen LogP contribution in [0.4, 0.5) is 5.82 Å². The fourth-order valence-electron chi connectivity index (χ4n) is 5.29. The summed E-state index contributed by atoms with van der Waals surface area (Å²) < 4.78 is 25.9. The quantitative estimate of drug-likeness (QED) is 0.542. The first kappa shape index (κ1) is 21.9. The Morgan fingerprint density at radius 2 is 1.85 bits per heavy atom. The second-order valence-corrected chi connectivity index (χ2v) is 12.1. The summed E-state index contributed by atoms with van der Waals surface area (Å²) in [6.07, 6.45) is 5.49. The number of hydrogen-bond acceptors (Lipinski definition) is 8. The third-order valence-electron chi connectivity index (χ3n) is 7.09. The molecule has 11 heteroatoms. The van der Waals surface area contributed by atoms with Gasteiger partial charge in [0.25, 0.3) is 0 Å². The number of anilines is 1. The van der Waals surface area contributed by atoms with Gasteiger partial charge in [-0.15, -0.1) is 10.2 Å². The topological polar surface area (TPSA) is 97.1 Å². The Balaban J connectivity index is 1.30. The maximum atomic E-state index is 11.8. The lowest BCUT2D eigenvalue weighted by Gasteiger charge is -2.35. The predicted molar refractivity (Wildman–Crippen MR) is 129 cm³/mol. The van der Waals surface area contributed by atoms with E-state index in [1.807, 2.05) is 31.3 Å². The van der Waals surface area contributed by atoms with E-state index in [1.54, 1.807) is 6.20 Å². The van der Waals surface area contributed by atoms with Gasteiger partial charge in [-0.1, -0.05) is 11.6 Å². The first-order valence-corrected chi connectivity index (χ1v) is 13.8. The predicted octanol–water partition coefficient (Wildman–Crippen LogP) is 2.52. The molecule has 0 amide bonds. The molecule has 2 saturated heterocycles. The minimum Gasteiger partial charge on any atom is -0.355 e. The minimum absolute atomic E-state index is 0.00205.